The van der Waals surface area contributed by atoms with E-state index in [1.807, 2.05) is 13.0 Å². The molecule has 0 radical (unpaired) electrons. The van der Waals surface area contributed by atoms with Gasteiger partial charge in [-0.25, -0.2) is 0 Å². The zero-order valence-electron chi connectivity index (χ0n) is 10.2. The van der Waals surface area contributed by atoms with Crippen molar-refractivity contribution in [2.45, 2.75) is 13.0 Å². The van der Waals surface area contributed by atoms with E-state index >= 15 is 0 Å². The molecular formula is C12H18N2O3. The molecule has 0 aromatic heterocycles. The Labute approximate surface area is 101 Å². The van der Waals surface area contributed by atoms with E-state index in [4.69, 9.17) is 19.9 Å². The first kappa shape index (κ1) is 11.9. The maximum absolute atomic E-state index is 5.93. The van der Waals surface area contributed by atoms with Crippen LogP contribution in [0.15, 0.2) is 12.1 Å². The van der Waals surface area contributed by atoms with Crippen molar-refractivity contribution in [2.75, 3.05) is 37.9 Å². The molecule has 5 nitrogen and oxygen atoms in total. The number of benzene rings is 1. The molecule has 5 heteroatoms. The first-order valence-electron chi connectivity index (χ1n) is 5.66. The molecule has 1 heterocycles. The van der Waals surface area contributed by atoms with Gasteiger partial charge < -0.3 is 25.3 Å². The molecule has 1 aromatic rings. The van der Waals surface area contributed by atoms with Crippen LogP contribution in [0.2, 0.25) is 0 Å². The van der Waals surface area contributed by atoms with E-state index in [1.165, 1.54) is 0 Å². The van der Waals surface area contributed by atoms with Gasteiger partial charge in [0, 0.05) is 25.8 Å². The van der Waals surface area contributed by atoms with Crippen LogP contribution in [0.3, 0.4) is 0 Å². The minimum Gasteiger partial charge on any atom is -0.486 e. The van der Waals surface area contributed by atoms with Crippen LogP contribution in [0.5, 0.6) is 11.5 Å². The van der Waals surface area contributed by atoms with Crippen molar-refractivity contribution in [3.8, 4) is 11.5 Å². The van der Waals surface area contributed by atoms with Crippen molar-refractivity contribution in [3.05, 3.63) is 12.1 Å². The van der Waals surface area contributed by atoms with Crippen molar-refractivity contribution in [2.24, 2.45) is 0 Å². The predicted molar refractivity (Wildman–Crippen MR) is 66.8 cm³/mol. The van der Waals surface area contributed by atoms with E-state index < -0.39 is 0 Å². The standard InChI is InChI=1S/C12H18N2O3/c1-8(15-2)7-14-10-6-12-11(5-9(10)13)16-3-4-17-12/h5-6,8,14H,3-4,7,13H2,1-2H3. The first-order chi connectivity index (χ1) is 8.20. The van der Waals surface area contributed by atoms with E-state index in [2.05, 4.69) is 5.32 Å². The van der Waals surface area contributed by atoms with Gasteiger partial charge in [-0.15, -0.1) is 0 Å². The van der Waals surface area contributed by atoms with Gasteiger partial charge in [0.15, 0.2) is 11.5 Å². The molecular weight excluding hydrogens is 220 g/mol. The number of hydrogen-bond donors (Lipinski definition) is 2. The highest BCUT2D eigenvalue weighted by atomic mass is 16.6. The van der Waals surface area contributed by atoms with Gasteiger partial charge in [-0.05, 0) is 6.92 Å². The summed E-state index contributed by atoms with van der Waals surface area (Å²) in [6.07, 6.45) is 0.127. The number of nitrogens with one attached hydrogen (secondary N) is 1. The zero-order valence-corrected chi connectivity index (χ0v) is 10.2. The molecule has 1 aromatic carbocycles. The van der Waals surface area contributed by atoms with Crippen molar-refractivity contribution in [1.82, 2.24) is 0 Å². The predicted octanol–water partition coefficient (Wildman–Crippen LogP) is 1.49. The SMILES string of the molecule is COC(C)CNc1cc2c(cc1N)OCCO2. The summed E-state index contributed by atoms with van der Waals surface area (Å²) in [6.45, 7) is 3.83. The number of fused-ring (bicyclic) bond motifs is 1. The van der Waals surface area contributed by atoms with Crippen LogP contribution in [0, 0.1) is 0 Å². The van der Waals surface area contributed by atoms with Gasteiger partial charge in [0.25, 0.3) is 0 Å². The second-order valence-corrected chi connectivity index (χ2v) is 4.01. The number of nitrogens with two attached hydrogens (primary N) is 1. The van der Waals surface area contributed by atoms with Crippen LogP contribution in [0.4, 0.5) is 11.4 Å². The van der Waals surface area contributed by atoms with Gasteiger partial charge in [-0.3, -0.25) is 0 Å². The summed E-state index contributed by atoms with van der Waals surface area (Å²) in [4.78, 5) is 0. The largest absolute Gasteiger partial charge is 0.486 e. The Morgan fingerprint density at radius 3 is 2.65 bits per heavy atom. The highest BCUT2D eigenvalue weighted by molar-refractivity contribution is 5.72. The lowest BCUT2D eigenvalue weighted by atomic mass is 10.2. The monoisotopic (exact) mass is 238 g/mol. The van der Waals surface area contributed by atoms with Gasteiger partial charge in [0.1, 0.15) is 13.2 Å². The second kappa shape index (κ2) is 5.14. The third-order valence-corrected chi connectivity index (χ3v) is 2.70. The normalized spacial score (nSPS) is 15.4. The lowest BCUT2D eigenvalue weighted by Gasteiger charge is -2.21. The molecule has 3 N–H and O–H groups in total. The fourth-order valence-corrected chi connectivity index (χ4v) is 1.59. The zero-order chi connectivity index (χ0) is 12.3. The fraction of sp³-hybridized carbons (Fsp3) is 0.500. The van der Waals surface area contributed by atoms with Crippen LogP contribution in [0.25, 0.3) is 0 Å². The summed E-state index contributed by atoms with van der Waals surface area (Å²) in [5.74, 6) is 1.44. The van der Waals surface area contributed by atoms with Crippen molar-refractivity contribution >= 4 is 11.4 Å². The molecule has 0 fully saturated rings. The fourth-order valence-electron chi connectivity index (χ4n) is 1.59. The number of ether oxygens (including phenoxy) is 3. The molecule has 17 heavy (non-hydrogen) atoms. The van der Waals surface area contributed by atoms with Crippen molar-refractivity contribution in [1.29, 1.82) is 0 Å². The topological polar surface area (TPSA) is 65.7 Å². The Kier molecular flexibility index (Phi) is 3.58. The highest BCUT2D eigenvalue weighted by Crippen LogP contribution is 2.36. The number of nitrogen functional groups attached to an aromatic ring is 1. The third-order valence-electron chi connectivity index (χ3n) is 2.70. The van der Waals surface area contributed by atoms with E-state index in [1.54, 1.807) is 13.2 Å². The summed E-state index contributed by atoms with van der Waals surface area (Å²) < 4.78 is 16.1. The maximum Gasteiger partial charge on any atom is 0.163 e. The summed E-state index contributed by atoms with van der Waals surface area (Å²) in [5, 5.41) is 3.23. The van der Waals surface area contributed by atoms with E-state index in [9.17, 15) is 0 Å². The Morgan fingerprint density at radius 1 is 1.35 bits per heavy atom. The highest BCUT2D eigenvalue weighted by Gasteiger charge is 2.14. The molecule has 0 amide bonds. The van der Waals surface area contributed by atoms with E-state index in [-0.39, 0.29) is 6.10 Å². The molecule has 1 aliphatic heterocycles. The molecule has 2 rings (SSSR count). The quantitative estimate of drug-likeness (QED) is 0.778. The molecule has 1 unspecified atom stereocenters. The van der Waals surface area contributed by atoms with Crippen LogP contribution in [-0.2, 0) is 4.74 Å². The summed E-state index contributed by atoms with van der Waals surface area (Å²) in [7, 11) is 1.68. The van der Waals surface area contributed by atoms with Gasteiger partial charge >= 0.3 is 0 Å². The van der Waals surface area contributed by atoms with Crippen LogP contribution >= 0.6 is 0 Å². The Balaban J connectivity index is 2.11. The minimum absolute atomic E-state index is 0.127. The average Bonchev–Trinajstić information content (AvgIpc) is 2.35. The molecule has 0 bridgehead atoms. The number of anilines is 2. The van der Waals surface area contributed by atoms with Gasteiger partial charge in [-0.1, -0.05) is 0 Å². The minimum atomic E-state index is 0.127. The van der Waals surface area contributed by atoms with Crippen molar-refractivity contribution in [3.63, 3.8) is 0 Å². The summed E-state index contributed by atoms with van der Waals surface area (Å²) >= 11 is 0. The lowest BCUT2D eigenvalue weighted by molar-refractivity contribution is 0.129. The molecule has 0 saturated carbocycles. The van der Waals surface area contributed by atoms with Gasteiger partial charge in [-0.2, -0.15) is 0 Å². The van der Waals surface area contributed by atoms with Crippen LogP contribution < -0.4 is 20.5 Å². The van der Waals surface area contributed by atoms with Gasteiger partial charge in [0.05, 0.1) is 17.5 Å². The number of methoxy groups -OCH3 is 1. The van der Waals surface area contributed by atoms with Crippen LogP contribution in [0.1, 0.15) is 6.92 Å². The Bertz CT molecular complexity index is 396. The molecule has 0 saturated heterocycles. The van der Waals surface area contributed by atoms with Crippen LogP contribution in [-0.4, -0.2) is 33.0 Å². The summed E-state index contributed by atoms with van der Waals surface area (Å²) in [5.41, 5.74) is 7.43. The van der Waals surface area contributed by atoms with Gasteiger partial charge in [0.2, 0.25) is 0 Å². The molecule has 0 aliphatic carbocycles. The van der Waals surface area contributed by atoms with E-state index in [0.29, 0.717) is 31.2 Å². The maximum atomic E-state index is 5.93. The Morgan fingerprint density at radius 2 is 2.00 bits per heavy atom. The van der Waals surface area contributed by atoms with Crippen molar-refractivity contribution < 1.29 is 14.2 Å². The second-order valence-electron chi connectivity index (χ2n) is 4.01. The number of rotatable bonds is 4. The lowest BCUT2D eigenvalue weighted by Crippen LogP contribution is -2.20. The smallest absolute Gasteiger partial charge is 0.163 e. The molecule has 0 spiro atoms. The molecule has 94 valence electrons. The third kappa shape index (κ3) is 2.74. The molecule has 1 aliphatic rings. The Hall–Kier alpha value is -1.62. The number of hydrogen-bond acceptors (Lipinski definition) is 5. The summed E-state index contributed by atoms with van der Waals surface area (Å²) in [6, 6.07) is 3.65. The van der Waals surface area contributed by atoms with E-state index in [0.717, 1.165) is 11.4 Å². The molecule has 1 atom stereocenters. The first-order valence-corrected chi connectivity index (χ1v) is 5.66. The average molecular weight is 238 g/mol.